The highest BCUT2D eigenvalue weighted by atomic mass is 35.5. The largest absolute Gasteiger partial charge is 0.495 e. The molecule has 1 heterocycles. The predicted octanol–water partition coefficient (Wildman–Crippen LogP) is 4.02. The second-order valence-corrected chi connectivity index (χ2v) is 11.9. The number of ether oxygens (including phenoxy) is 3. The molecule has 11 heteroatoms. The van der Waals surface area contributed by atoms with Gasteiger partial charge in [-0.2, -0.15) is 0 Å². The molecule has 0 bridgehead atoms. The average Bonchev–Trinajstić information content (AvgIpc) is 2.97. The summed E-state index contributed by atoms with van der Waals surface area (Å²) in [6.07, 6.45) is 3.77. The zero-order valence-corrected chi connectivity index (χ0v) is 24.9. The molecule has 3 rings (SSSR count). The van der Waals surface area contributed by atoms with E-state index in [-0.39, 0.29) is 10.8 Å². The third kappa shape index (κ3) is 7.93. The number of nitrogens with zero attached hydrogens (tertiary/aromatic N) is 3. The molecule has 216 valence electrons. The smallest absolute Gasteiger partial charge is 0.242 e. The summed E-state index contributed by atoms with van der Waals surface area (Å²) in [4.78, 5) is 16.7. The number of rotatable bonds is 14. The van der Waals surface area contributed by atoms with Crippen LogP contribution in [0.3, 0.4) is 0 Å². The van der Waals surface area contributed by atoms with Gasteiger partial charge in [-0.3, -0.25) is 4.79 Å². The van der Waals surface area contributed by atoms with Crippen molar-refractivity contribution >= 4 is 33.2 Å². The van der Waals surface area contributed by atoms with E-state index >= 15 is 0 Å². The number of alkyl halides is 1. The van der Waals surface area contributed by atoms with Gasteiger partial charge in [0.2, 0.25) is 15.9 Å². The lowest BCUT2D eigenvalue weighted by atomic mass is 10.1. The summed E-state index contributed by atoms with van der Waals surface area (Å²) in [5.74, 6) is 2.61. The third-order valence-corrected chi connectivity index (χ3v) is 9.14. The molecule has 0 N–H and O–H groups in total. The van der Waals surface area contributed by atoms with Gasteiger partial charge >= 0.3 is 0 Å². The molecule has 2 aromatic rings. The number of anilines is 1. The second kappa shape index (κ2) is 14.6. The Hall–Kier alpha value is -2.69. The summed E-state index contributed by atoms with van der Waals surface area (Å²) < 4.78 is 44.5. The zero-order valence-electron chi connectivity index (χ0n) is 23.3. The van der Waals surface area contributed by atoms with E-state index in [1.165, 1.54) is 4.31 Å². The van der Waals surface area contributed by atoms with Crippen LogP contribution in [0.25, 0.3) is 0 Å². The molecule has 1 fully saturated rings. The van der Waals surface area contributed by atoms with Crippen LogP contribution in [0.1, 0.15) is 31.2 Å². The first-order chi connectivity index (χ1) is 18.7. The van der Waals surface area contributed by atoms with Gasteiger partial charge in [-0.1, -0.05) is 12.5 Å². The number of carbonyl (C=O) groups excluding carboxylic acids is 1. The quantitative estimate of drug-likeness (QED) is 0.246. The lowest BCUT2D eigenvalue weighted by Crippen LogP contribution is -2.48. The fourth-order valence-corrected chi connectivity index (χ4v) is 5.98. The van der Waals surface area contributed by atoms with Crippen LogP contribution >= 0.6 is 11.6 Å². The summed E-state index contributed by atoms with van der Waals surface area (Å²) in [5.41, 5.74) is 1.65. The van der Waals surface area contributed by atoms with E-state index in [0.29, 0.717) is 74.4 Å². The highest BCUT2D eigenvalue weighted by Gasteiger charge is 2.26. The average molecular weight is 582 g/mol. The van der Waals surface area contributed by atoms with E-state index in [0.717, 1.165) is 24.8 Å². The van der Waals surface area contributed by atoms with Crippen LogP contribution in [-0.2, 0) is 21.2 Å². The number of carbonyl (C=O) groups is 1. The van der Waals surface area contributed by atoms with Crippen molar-refractivity contribution in [1.29, 1.82) is 0 Å². The summed E-state index contributed by atoms with van der Waals surface area (Å²) in [6.45, 7) is 2.66. The Morgan fingerprint density at radius 3 is 2.21 bits per heavy atom. The minimum absolute atomic E-state index is 0.156. The van der Waals surface area contributed by atoms with Crippen molar-refractivity contribution in [2.45, 2.75) is 37.0 Å². The maximum Gasteiger partial charge on any atom is 0.242 e. The number of benzene rings is 2. The van der Waals surface area contributed by atoms with E-state index < -0.39 is 10.0 Å². The van der Waals surface area contributed by atoms with Gasteiger partial charge in [0.1, 0.15) is 5.75 Å². The van der Waals surface area contributed by atoms with Gasteiger partial charge in [0.05, 0.1) is 31.9 Å². The summed E-state index contributed by atoms with van der Waals surface area (Å²) >= 11 is 5.72. The van der Waals surface area contributed by atoms with Crippen LogP contribution in [-0.4, -0.2) is 90.5 Å². The fraction of sp³-hybridized carbons (Fsp3) is 0.536. The van der Waals surface area contributed by atoms with Crippen LogP contribution < -0.4 is 19.1 Å². The Morgan fingerprint density at radius 1 is 0.897 bits per heavy atom. The van der Waals surface area contributed by atoms with Crippen molar-refractivity contribution in [3.8, 4) is 17.2 Å². The van der Waals surface area contributed by atoms with Gasteiger partial charge in [0, 0.05) is 52.1 Å². The molecule has 1 saturated heterocycles. The SMILES string of the molecule is COc1ccc(CCN(C)S(=O)(=O)c2ccc(OC)c(N3CCN(C(=O)CCCCCCl)CC3)c2)cc1OC. The van der Waals surface area contributed by atoms with Crippen molar-refractivity contribution in [3.63, 3.8) is 0 Å². The van der Waals surface area contributed by atoms with Crippen LogP contribution in [0.5, 0.6) is 17.2 Å². The number of piperazine rings is 1. The van der Waals surface area contributed by atoms with Crippen molar-refractivity contribution in [1.82, 2.24) is 9.21 Å². The Balaban J connectivity index is 1.67. The van der Waals surface area contributed by atoms with E-state index in [4.69, 9.17) is 25.8 Å². The van der Waals surface area contributed by atoms with Gasteiger partial charge in [-0.25, -0.2) is 12.7 Å². The molecular formula is C28H40ClN3O6S. The van der Waals surface area contributed by atoms with E-state index in [1.807, 2.05) is 23.1 Å². The highest BCUT2D eigenvalue weighted by molar-refractivity contribution is 7.89. The number of hydrogen-bond donors (Lipinski definition) is 0. The van der Waals surface area contributed by atoms with Crippen LogP contribution in [0.4, 0.5) is 5.69 Å². The summed E-state index contributed by atoms with van der Waals surface area (Å²) in [5, 5.41) is 0. The van der Waals surface area contributed by atoms with E-state index in [1.54, 1.807) is 46.6 Å². The van der Waals surface area contributed by atoms with Gasteiger partial charge in [-0.15, -0.1) is 11.6 Å². The number of amides is 1. The highest BCUT2D eigenvalue weighted by Crippen LogP contribution is 2.33. The van der Waals surface area contributed by atoms with Crippen LogP contribution in [0, 0.1) is 0 Å². The van der Waals surface area contributed by atoms with Crippen molar-refractivity contribution in [3.05, 3.63) is 42.0 Å². The van der Waals surface area contributed by atoms with E-state index in [9.17, 15) is 13.2 Å². The number of halogens is 1. The molecule has 1 aliphatic rings. The molecule has 0 atom stereocenters. The predicted molar refractivity (Wildman–Crippen MR) is 154 cm³/mol. The van der Waals surface area contributed by atoms with E-state index in [2.05, 4.69) is 4.90 Å². The molecule has 1 amide bonds. The van der Waals surface area contributed by atoms with Crippen LogP contribution in [0.15, 0.2) is 41.3 Å². The second-order valence-electron chi connectivity index (χ2n) is 9.47. The van der Waals surface area contributed by atoms with Crippen LogP contribution in [0.2, 0.25) is 0 Å². The lowest BCUT2D eigenvalue weighted by Gasteiger charge is -2.37. The zero-order chi connectivity index (χ0) is 28.4. The first-order valence-electron chi connectivity index (χ1n) is 13.2. The molecule has 2 aromatic carbocycles. The molecule has 0 spiro atoms. The Kier molecular flexibility index (Phi) is 11.6. The molecule has 39 heavy (non-hydrogen) atoms. The Bertz CT molecular complexity index is 1200. The number of sulfonamides is 1. The van der Waals surface area contributed by atoms with Crippen molar-refractivity contribution in [2.24, 2.45) is 0 Å². The van der Waals surface area contributed by atoms with Gasteiger partial charge in [0.15, 0.2) is 11.5 Å². The maximum absolute atomic E-state index is 13.5. The first kappa shape index (κ1) is 30.8. The van der Waals surface area contributed by atoms with Crippen molar-refractivity contribution in [2.75, 3.05) is 71.9 Å². The maximum atomic E-state index is 13.5. The minimum Gasteiger partial charge on any atom is -0.495 e. The number of hydrogen-bond acceptors (Lipinski definition) is 7. The normalized spacial score (nSPS) is 14.0. The molecule has 0 aromatic heterocycles. The number of unbranched alkanes of at least 4 members (excludes halogenated alkanes) is 2. The summed E-state index contributed by atoms with van der Waals surface area (Å²) in [7, 11) is 2.56. The molecule has 0 unspecified atom stereocenters. The Labute approximate surface area is 237 Å². The molecule has 9 nitrogen and oxygen atoms in total. The van der Waals surface area contributed by atoms with Gasteiger partial charge in [0.25, 0.3) is 0 Å². The standard InChI is InChI=1S/C28H40ClN3O6S/c1-30(15-13-22-9-11-26(37-3)27(20-22)38-4)39(34,35)23-10-12-25(36-2)24(21-23)31-16-18-32(19-17-31)28(33)8-6-5-7-14-29/h9-12,20-21H,5-8,13-19H2,1-4H3. The lowest BCUT2D eigenvalue weighted by molar-refractivity contribution is -0.131. The molecule has 0 saturated carbocycles. The Morgan fingerprint density at radius 2 is 1.56 bits per heavy atom. The van der Waals surface area contributed by atoms with Gasteiger partial charge in [-0.05, 0) is 55.2 Å². The molecule has 0 radical (unpaired) electrons. The minimum atomic E-state index is -3.74. The fourth-order valence-electron chi connectivity index (χ4n) is 4.60. The summed E-state index contributed by atoms with van der Waals surface area (Å²) in [6, 6.07) is 10.5. The molecule has 0 aliphatic carbocycles. The number of likely N-dealkylation sites (N-methyl/N-ethyl adjacent to an activating group) is 1. The monoisotopic (exact) mass is 581 g/mol. The van der Waals surface area contributed by atoms with Crippen molar-refractivity contribution < 1.29 is 27.4 Å². The molecule has 1 aliphatic heterocycles. The topological polar surface area (TPSA) is 88.6 Å². The van der Waals surface area contributed by atoms with Gasteiger partial charge < -0.3 is 24.0 Å². The third-order valence-electron chi connectivity index (χ3n) is 7.02. The first-order valence-corrected chi connectivity index (χ1v) is 15.2. The number of methoxy groups -OCH3 is 3. The molecular weight excluding hydrogens is 542 g/mol.